The molecule has 1 saturated heterocycles. The van der Waals surface area contributed by atoms with E-state index in [2.05, 4.69) is 16.4 Å². The minimum Gasteiger partial charge on any atom is -0.446 e. The summed E-state index contributed by atoms with van der Waals surface area (Å²) in [5.41, 5.74) is 7.79. The van der Waals surface area contributed by atoms with Crippen molar-refractivity contribution in [3.8, 4) is 0 Å². The molecule has 0 spiro atoms. The summed E-state index contributed by atoms with van der Waals surface area (Å²) in [5, 5.41) is 4.41. The van der Waals surface area contributed by atoms with Gasteiger partial charge < -0.3 is 10.5 Å². The van der Waals surface area contributed by atoms with E-state index in [-0.39, 0.29) is 24.3 Å². The quantitative estimate of drug-likeness (QED) is 0.833. The molecule has 0 aliphatic carbocycles. The van der Waals surface area contributed by atoms with Crippen LogP contribution in [0.1, 0.15) is 38.8 Å². The third kappa shape index (κ3) is 3.35. The predicted octanol–water partition coefficient (Wildman–Crippen LogP) is 2.51. The van der Waals surface area contributed by atoms with E-state index in [1.807, 2.05) is 45.0 Å². The molecule has 0 bridgehead atoms. The van der Waals surface area contributed by atoms with E-state index < -0.39 is 5.41 Å². The van der Waals surface area contributed by atoms with Crippen LogP contribution in [0.3, 0.4) is 0 Å². The molecule has 3 atom stereocenters. The standard InChI is InChI=1S/C18H23N3O2/c1-18(2,3)17(22)23-15-10-13(19)16(21-15)12-6-7-14-11(9-12)5-4-8-20-14/h4-9,13,15-16,21H,10,19H2,1-3H3. The van der Waals surface area contributed by atoms with Gasteiger partial charge in [-0.3, -0.25) is 15.1 Å². The molecule has 0 amide bonds. The van der Waals surface area contributed by atoms with Crippen LogP contribution in [0.2, 0.25) is 0 Å². The van der Waals surface area contributed by atoms with E-state index in [0.29, 0.717) is 6.42 Å². The first kappa shape index (κ1) is 15.9. The average Bonchev–Trinajstić information content (AvgIpc) is 2.86. The van der Waals surface area contributed by atoms with Gasteiger partial charge >= 0.3 is 5.97 Å². The van der Waals surface area contributed by atoms with Gasteiger partial charge in [-0.2, -0.15) is 0 Å². The monoisotopic (exact) mass is 313 g/mol. The summed E-state index contributed by atoms with van der Waals surface area (Å²) in [4.78, 5) is 16.4. The van der Waals surface area contributed by atoms with Crippen LogP contribution in [0.5, 0.6) is 0 Å². The molecule has 3 N–H and O–H groups in total. The molecule has 1 aromatic heterocycles. The van der Waals surface area contributed by atoms with Gasteiger partial charge in [-0.25, -0.2) is 0 Å². The van der Waals surface area contributed by atoms with Crippen LogP contribution in [0, 0.1) is 5.41 Å². The highest BCUT2D eigenvalue weighted by Gasteiger charge is 2.36. The molecule has 1 aliphatic heterocycles. The number of benzene rings is 1. The number of rotatable bonds is 2. The molecule has 5 heteroatoms. The van der Waals surface area contributed by atoms with Crippen molar-refractivity contribution in [3.05, 3.63) is 42.1 Å². The Kier molecular flexibility index (Phi) is 4.08. The van der Waals surface area contributed by atoms with Gasteiger partial charge in [0.1, 0.15) is 0 Å². The van der Waals surface area contributed by atoms with Crippen molar-refractivity contribution in [2.45, 2.75) is 45.5 Å². The normalized spacial score (nSPS) is 24.8. The molecule has 5 nitrogen and oxygen atoms in total. The summed E-state index contributed by atoms with van der Waals surface area (Å²) in [6.07, 6.45) is 2.05. The molecule has 3 unspecified atom stereocenters. The number of carbonyl (C=O) groups excluding carboxylic acids is 1. The fourth-order valence-electron chi connectivity index (χ4n) is 2.79. The Morgan fingerprint density at radius 2 is 2.13 bits per heavy atom. The van der Waals surface area contributed by atoms with Gasteiger partial charge in [0, 0.05) is 24.0 Å². The minimum atomic E-state index is -0.515. The second kappa shape index (κ2) is 5.91. The highest BCUT2D eigenvalue weighted by molar-refractivity contribution is 5.79. The molecule has 2 aromatic rings. The number of nitrogens with one attached hydrogen (secondary N) is 1. The van der Waals surface area contributed by atoms with Crippen molar-refractivity contribution in [1.29, 1.82) is 0 Å². The molecule has 3 rings (SSSR count). The summed E-state index contributed by atoms with van der Waals surface area (Å²) >= 11 is 0. The molecular formula is C18H23N3O2. The number of esters is 1. The minimum absolute atomic E-state index is 0.0302. The number of hydrogen-bond acceptors (Lipinski definition) is 5. The maximum Gasteiger partial charge on any atom is 0.312 e. The van der Waals surface area contributed by atoms with Crippen LogP contribution >= 0.6 is 0 Å². The van der Waals surface area contributed by atoms with Crippen LogP contribution in [0.15, 0.2) is 36.5 Å². The second-order valence-electron chi connectivity index (χ2n) is 7.14. The summed E-state index contributed by atoms with van der Waals surface area (Å²) < 4.78 is 5.54. The fraction of sp³-hybridized carbons (Fsp3) is 0.444. The molecule has 1 aliphatic rings. The number of aromatic nitrogens is 1. The van der Waals surface area contributed by atoms with E-state index in [4.69, 9.17) is 10.5 Å². The molecule has 23 heavy (non-hydrogen) atoms. The highest BCUT2D eigenvalue weighted by atomic mass is 16.6. The SMILES string of the molecule is CC(C)(C)C(=O)OC1CC(N)C(c2ccc3ncccc3c2)N1. The number of fused-ring (bicyclic) bond motifs is 1. The maximum absolute atomic E-state index is 12.0. The topological polar surface area (TPSA) is 77.2 Å². The molecule has 122 valence electrons. The maximum atomic E-state index is 12.0. The zero-order valence-electron chi connectivity index (χ0n) is 13.7. The van der Waals surface area contributed by atoms with Gasteiger partial charge in [-0.1, -0.05) is 12.1 Å². The first-order chi connectivity index (χ1) is 10.8. The molecule has 2 heterocycles. The third-order valence-corrected chi connectivity index (χ3v) is 4.13. The molecule has 1 fully saturated rings. The number of nitrogens with two attached hydrogens (primary N) is 1. The van der Waals surface area contributed by atoms with Crippen molar-refractivity contribution in [2.24, 2.45) is 11.1 Å². The van der Waals surface area contributed by atoms with Crippen LogP contribution < -0.4 is 11.1 Å². The van der Waals surface area contributed by atoms with Gasteiger partial charge in [0.2, 0.25) is 0 Å². The number of carbonyl (C=O) groups is 1. The largest absolute Gasteiger partial charge is 0.446 e. The second-order valence-corrected chi connectivity index (χ2v) is 7.14. The lowest BCUT2D eigenvalue weighted by molar-refractivity contribution is -0.159. The van der Waals surface area contributed by atoms with Gasteiger partial charge in [0.05, 0.1) is 17.0 Å². The van der Waals surface area contributed by atoms with Crippen molar-refractivity contribution in [2.75, 3.05) is 0 Å². The first-order valence-electron chi connectivity index (χ1n) is 7.92. The van der Waals surface area contributed by atoms with Crippen LogP contribution in [-0.2, 0) is 9.53 Å². The molecule has 0 saturated carbocycles. The van der Waals surface area contributed by atoms with Crippen LogP contribution in [0.25, 0.3) is 10.9 Å². The Balaban J connectivity index is 1.76. The lowest BCUT2D eigenvalue weighted by Crippen LogP contribution is -2.34. The zero-order valence-corrected chi connectivity index (χ0v) is 13.7. The van der Waals surface area contributed by atoms with Gasteiger partial charge in [0.15, 0.2) is 6.23 Å². The number of ether oxygens (including phenoxy) is 1. The van der Waals surface area contributed by atoms with Crippen molar-refractivity contribution < 1.29 is 9.53 Å². The zero-order chi connectivity index (χ0) is 16.6. The van der Waals surface area contributed by atoms with Gasteiger partial charge in [-0.05, 0) is 44.5 Å². The first-order valence-corrected chi connectivity index (χ1v) is 7.92. The van der Waals surface area contributed by atoms with E-state index in [1.165, 1.54) is 0 Å². The van der Waals surface area contributed by atoms with E-state index in [1.54, 1.807) is 6.20 Å². The summed E-state index contributed by atoms with van der Waals surface area (Å²) in [6.45, 7) is 5.54. The number of hydrogen-bond donors (Lipinski definition) is 2. The Morgan fingerprint density at radius 1 is 1.35 bits per heavy atom. The van der Waals surface area contributed by atoms with Crippen LogP contribution in [0.4, 0.5) is 0 Å². The smallest absolute Gasteiger partial charge is 0.312 e. The summed E-state index contributed by atoms with van der Waals surface area (Å²) in [6, 6.07) is 9.94. The van der Waals surface area contributed by atoms with Crippen molar-refractivity contribution in [1.82, 2.24) is 10.3 Å². The number of pyridine rings is 1. The van der Waals surface area contributed by atoms with E-state index in [9.17, 15) is 4.79 Å². The highest BCUT2D eigenvalue weighted by Crippen LogP contribution is 2.29. The average molecular weight is 313 g/mol. The Labute approximate surface area is 136 Å². The molecule has 1 aromatic carbocycles. The Morgan fingerprint density at radius 3 is 2.87 bits per heavy atom. The van der Waals surface area contributed by atoms with Crippen molar-refractivity contribution in [3.63, 3.8) is 0 Å². The van der Waals surface area contributed by atoms with Crippen molar-refractivity contribution >= 4 is 16.9 Å². The lowest BCUT2D eigenvalue weighted by atomic mass is 9.97. The van der Waals surface area contributed by atoms with E-state index in [0.717, 1.165) is 16.5 Å². The van der Waals surface area contributed by atoms with Gasteiger partial charge in [-0.15, -0.1) is 0 Å². The fourth-order valence-corrected chi connectivity index (χ4v) is 2.79. The lowest BCUT2D eigenvalue weighted by Gasteiger charge is -2.21. The van der Waals surface area contributed by atoms with E-state index >= 15 is 0 Å². The van der Waals surface area contributed by atoms with Gasteiger partial charge in [0.25, 0.3) is 0 Å². The predicted molar refractivity (Wildman–Crippen MR) is 89.5 cm³/mol. The van der Waals surface area contributed by atoms with Crippen LogP contribution in [-0.4, -0.2) is 23.2 Å². The third-order valence-electron chi connectivity index (χ3n) is 4.13. The Bertz CT molecular complexity index is 724. The summed E-state index contributed by atoms with van der Waals surface area (Å²) in [5.74, 6) is -0.217. The molecular weight excluding hydrogens is 290 g/mol. The summed E-state index contributed by atoms with van der Waals surface area (Å²) in [7, 11) is 0. The Hall–Kier alpha value is -1.98. The molecule has 0 radical (unpaired) electrons. The number of nitrogens with zero attached hydrogens (tertiary/aromatic N) is 1.